The van der Waals surface area contributed by atoms with Crippen molar-refractivity contribution in [3.63, 3.8) is 0 Å². The molecule has 0 fully saturated rings. The molecule has 0 aromatic heterocycles. The van der Waals surface area contributed by atoms with E-state index >= 15 is 0 Å². The molecular formula is C13H32N2O6S2. The summed E-state index contributed by atoms with van der Waals surface area (Å²) in [5, 5.41) is 0. The predicted octanol–water partition coefficient (Wildman–Crippen LogP) is -0.354. The smallest absolute Gasteiger partial charge is 0.0948 e. The van der Waals surface area contributed by atoms with Gasteiger partial charge in [-0.15, -0.1) is 0 Å². The Hall–Kier alpha value is -0.260. The first-order valence-corrected chi connectivity index (χ1v) is 10.5. The fourth-order valence-electron chi connectivity index (χ4n) is 1.58. The Labute approximate surface area is 141 Å². The SMILES string of the molecule is C[N+](C)(C)CCCCS(=O)(=O)[O-].C[N+](C)(C)CCCS(=O)(=O)[O-]. The quantitative estimate of drug-likeness (QED) is 0.308. The molecule has 0 aromatic rings. The number of quaternary nitrogens is 2. The molecule has 0 aliphatic carbocycles. The normalized spacial score (nSPS) is 13.4. The first kappa shape index (κ1) is 25.0. The maximum absolute atomic E-state index is 10.2. The molecule has 10 heteroatoms. The molecule has 0 unspecified atom stereocenters. The van der Waals surface area contributed by atoms with Gasteiger partial charge in [0.2, 0.25) is 0 Å². The third-order valence-electron chi connectivity index (χ3n) is 2.70. The Balaban J connectivity index is 0. The van der Waals surface area contributed by atoms with E-state index in [9.17, 15) is 25.9 Å². The number of hydrogen-bond acceptors (Lipinski definition) is 6. The van der Waals surface area contributed by atoms with E-state index in [-0.39, 0.29) is 11.5 Å². The zero-order valence-electron chi connectivity index (χ0n) is 15.1. The van der Waals surface area contributed by atoms with Crippen LogP contribution >= 0.6 is 0 Å². The van der Waals surface area contributed by atoms with Crippen molar-refractivity contribution >= 4 is 20.2 Å². The summed E-state index contributed by atoms with van der Waals surface area (Å²) in [4.78, 5) is 0. The predicted molar refractivity (Wildman–Crippen MR) is 88.8 cm³/mol. The molecule has 0 spiro atoms. The lowest BCUT2D eigenvalue weighted by Crippen LogP contribution is -2.36. The van der Waals surface area contributed by atoms with Gasteiger partial charge in [-0.2, -0.15) is 0 Å². The average molecular weight is 377 g/mol. The van der Waals surface area contributed by atoms with Gasteiger partial charge in [0.25, 0.3) is 0 Å². The number of nitrogens with zero attached hydrogens (tertiary/aromatic N) is 2. The lowest BCUT2D eigenvalue weighted by atomic mass is 10.3. The second-order valence-corrected chi connectivity index (χ2v) is 10.7. The zero-order chi connectivity index (χ0) is 18.9. The van der Waals surface area contributed by atoms with Crippen molar-refractivity contribution < 1.29 is 34.9 Å². The molecule has 8 nitrogen and oxygen atoms in total. The van der Waals surface area contributed by atoms with Gasteiger partial charge in [-0.1, -0.05) is 0 Å². The van der Waals surface area contributed by atoms with E-state index in [2.05, 4.69) is 0 Å². The highest BCUT2D eigenvalue weighted by Crippen LogP contribution is 1.99. The summed E-state index contributed by atoms with van der Waals surface area (Å²) in [5.41, 5.74) is 0. The molecule has 0 aliphatic rings. The Morgan fingerprint density at radius 1 is 0.609 bits per heavy atom. The number of rotatable bonds is 9. The maximum Gasteiger partial charge on any atom is 0.0948 e. The van der Waals surface area contributed by atoms with Crippen LogP contribution in [0.15, 0.2) is 0 Å². The highest BCUT2D eigenvalue weighted by atomic mass is 32.2. The van der Waals surface area contributed by atoms with Gasteiger partial charge >= 0.3 is 0 Å². The van der Waals surface area contributed by atoms with E-state index in [4.69, 9.17) is 0 Å². The molecule has 0 atom stereocenters. The monoisotopic (exact) mass is 376 g/mol. The van der Waals surface area contributed by atoms with Gasteiger partial charge in [0.1, 0.15) is 0 Å². The highest BCUT2D eigenvalue weighted by Gasteiger charge is 2.07. The van der Waals surface area contributed by atoms with Crippen molar-refractivity contribution in [1.82, 2.24) is 0 Å². The fraction of sp³-hybridized carbons (Fsp3) is 1.00. The molecule has 0 aromatic carbocycles. The molecule has 0 saturated heterocycles. The largest absolute Gasteiger partial charge is 0.748 e. The van der Waals surface area contributed by atoms with E-state index in [1.165, 1.54) is 0 Å². The summed E-state index contributed by atoms with van der Waals surface area (Å²) in [7, 11) is 3.96. The lowest BCUT2D eigenvalue weighted by Gasteiger charge is -2.23. The third-order valence-corrected chi connectivity index (χ3v) is 4.27. The van der Waals surface area contributed by atoms with E-state index in [1.54, 1.807) is 0 Å². The summed E-state index contributed by atoms with van der Waals surface area (Å²) >= 11 is 0. The van der Waals surface area contributed by atoms with Gasteiger partial charge in [-0.25, -0.2) is 16.8 Å². The summed E-state index contributed by atoms with van der Waals surface area (Å²) in [6.45, 7) is 1.61. The van der Waals surface area contributed by atoms with Crippen LogP contribution in [0.25, 0.3) is 0 Å². The Morgan fingerprint density at radius 2 is 0.913 bits per heavy atom. The van der Waals surface area contributed by atoms with E-state index < -0.39 is 20.2 Å². The zero-order valence-corrected chi connectivity index (χ0v) is 16.7. The first-order chi connectivity index (χ1) is 9.91. The summed E-state index contributed by atoms with van der Waals surface area (Å²) < 4.78 is 62.5. The Morgan fingerprint density at radius 3 is 1.22 bits per heavy atom. The van der Waals surface area contributed by atoms with Crippen molar-refractivity contribution in [3.8, 4) is 0 Å². The van der Waals surface area contributed by atoms with Crippen LogP contribution in [-0.2, 0) is 20.2 Å². The van der Waals surface area contributed by atoms with Gasteiger partial charge in [0.05, 0.1) is 75.6 Å². The average Bonchev–Trinajstić information content (AvgIpc) is 2.19. The minimum atomic E-state index is -4.01. The van der Waals surface area contributed by atoms with Gasteiger partial charge < -0.3 is 18.1 Å². The van der Waals surface area contributed by atoms with Crippen LogP contribution in [-0.4, -0.2) is 102 Å². The molecular weight excluding hydrogens is 344 g/mol. The Kier molecular flexibility index (Phi) is 10.8. The van der Waals surface area contributed by atoms with Gasteiger partial charge in [-0.3, -0.25) is 0 Å². The van der Waals surface area contributed by atoms with Crippen LogP contribution in [0.1, 0.15) is 19.3 Å². The van der Waals surface area contributed by atoms with Crippen molar-refractivity contribution in [2.45, 2.75) is 19.3 Å². The standard InChI is InChI=1S/C7H17NO3S.C6H15NO3S/c1-8(2,3)6-4-5-7-12(9,10)11;1-7(2,3)5-4-6-11(8,9)10/h4-7H2,1-3H3;4-6H2,1-3H3. The van der Waals surface area contributed by atoms with Crippen LogP contribution in [0.2, 0.25) is 0 Å². The third kappa shape index (κ3) is 30.2. The van der Waals surface area contributed by atoms with Crippen LogP contribution in [0, 0.1) is 0 Å². The Bertz CT molecular complexity index is 516. The summed E-state index contributed by atoms with van der Waals surface area (Å²) in [6, 6.07) is 0. The van der Waals surface area contributed by atoms with E-state index in [1.807, 2.05) is 42.3 Å². The first-order valence-electron chi connectivity index (χ1n) is 7.39. The van der Waals surface area contributed by atoms with Crippen molar-refractivity contribution in [3.05, 3.63) is 0 Å². The molecule has 0 amide bonds. The molecule has 0 rings (SSSR count). The number of unbranched alkanes of at least 4 members (excludes halogenated alkanes) is 1. The topological polar surface area (TPSA) is 114 Å². The molecule has 0 heterocycles. The molecule has 23 heavy (non-hydrogen) atoms. The maximum atomic E-state index is 10.2. The van der Waals surface area contributed by atoms with Gasteiger partial charge in [0.15, 0.2) is 0 Å². The summed E-state index contributed by atoms with van der Waals surface area (Å²) in [6.07, 6.45) is 1.70. The van der Waals surface area contributed by atoms with Crippen LogP contribution < -0.4 is 0 Å². The molecule has 142 valence electrons. The molecule has 0 bridgehead atoms. The fourth-order valence-corrected chi connectivity index (χ4v) is 2.62. The van der Waals surface area contributed by atoms with Gasteiger partial charge in [-0.05, 0) is 12.8 Å². The van der Waals surface area contributed by atoms with Crippen LogP contribution in [0.4, 0.5) is 0 Å². The molecule has 0 N–H and O–H groups in total. The van der Waals surface area contributed by atoms with Crippen molar-refractivity contribution in [2.24, 2.45) is 0 Å². The van der Waals surface area contributed by atoms with Crippen molar-refractivity contribution in [2.75, 3.05) is 66.9 Å². The van der Waals surface area contributed by atoms with Crippen LogP contribution in [0.3, 0.4) is 0 Å². The molecule has 0 radical (unpaired) electrons. The van der Waals surface area contributed by atoms with Crippen LogP contribution in [0.5, 0.6) is 0 Å². The second kappa shape index (κ2) is 9.90. The van der Waals surface area contributed by atoms with E-state index in [0.29, 0.717) is 23.9 Å². The second-order valence-electron chi connectivity index (χ2n) is 7.61. The molecule has 0 saturated carbocycles. The van der Waals surface area contributed by atoms with E-state index in [0.717, 1.165) is 17.4 Å². The highest BCUT2D eigenvalue weighted by molar-refractivity contribution is 7.85. The lowest BCUT2D eigenvalue weighted by molar-refractivity contribution is -0.870. The van der Waals surface area contributed by atoms with Crippen molar-refractivity contribution in [1.29, 1.82) is 0 Å². The van der Waals surface area contributed by atoms with Gasteiger partial charge in [0, 0.05) is 17.9 Å². The molecule has 0 aliphatic heterocycles. The minimum Gasteiger partial charge on any atom is -0.748 e. The minimum absolute atomic E-state index is 0.229. The number of hydrogen-bond donors (Lipinski definition) is 0. The summed E-state index contributed by atoms with van der Waals surface area (Å²) in [5.74, 6) is -0.477.